The molecule has 20 heavy (non-hydrogen) atoms. The molecule has 0 saturated heterocycles. The summed E-state index contributed by atoms with van der Waals surface area (Å²) in [4.78, 5) is 13.9. The first-order valence-electron chi connectivity index (χ1n) is 6.39. The Bertz CT molecular complexity index is 438. The third kappa shape index (κ3) is 5.90. The maximum absolute atomic E-state index is 11.9. The lowest BCUT2D eigenvalue weighted by atomic mass is 10.2. The lowest BCUT2D eigenvalue weighted by Gasteiger charge is -2.10. The molecule has 0 bridgehead atoms. The van der Waals surface area contributed by atoms with Gasteiger partial charge in [0.05, 0.1) is 24.8 Å². The topological polar surface area (TPSA) is 50.8 Å². The first-order valence-corrected chi connectivity index (χ1v) is 7.18. The standard InChI is InChI=1S/C14H21BrN2O3/c1-17(2)7-9-20-8-6-16-14(18)11-4-5-13(19-3)12(15)10-11/h4-5,10H,6-9H2,1-3H3,(H,16,18). The smallest absolute Gasteiger partial charge is 0.251 e. The van der Waals surface area contributed by atoms with E-state index in [-0.39, 0.29) is 5.91 Å². The average Bonchev–Trinajstić information content (AvgIpc) is 2.42. The maximum Gasteiger partial charge on any atom is 0.251 e. The average molecular weight is 345 g/mol. The van der Waals surface area contributed by atoms with Crippen molar-refractivity contribution < 1.29 is 14.3 Å². The van der Waals surface area contributed by atoms with Crippen LogP contribution in [-0.2, 0) is 4.74 Å². The quantitative estimate of drug-likeness (QED) is 0.730. The summed E-state index contributed by atoms with van der Waals surface area (Å²) in [6.07, 6.45) is 0. The molecule has 0 aliphatic carbocycles. The summed E-state index contributed by atoms with van der Waals surface area (Å²) in [5, 5.41) is 2.81. The highest BCUT2D eigenvalue weighted by molar-refractivity contribution is 9.10. The summed E-state index contributed by atoms with van der Waals surface area (Å²) >= 11 is 3.36. The molecule has 1 amide bonds. The van der Waals surface area contributed by atoms with Crippen LogP contribution in [0.15, 0.2) is 22.7 Å². The zero-order valence-corrected chi connectivity index (χ0v) is 13.7. The van der Waals surface area contributed by atoms with E-state index in [1.165, 1.54) is 0 Å². The van der Waals surface area contributed by atoms with Crippen LogP contribution in [0.5, 0.6) is 5.75 Å². The van der Waals surface area contributed by atoms with Crippen molar-refractivity contribution in [1.29, 1.82) is 0 Å². The van der Waals surface area contributed by atoms with Gasteiger partial charge in [-0.05, 0) is 48.2 Å². The van der Waals surface area contributed by atoms with Crippen molar-refractivity contribution in [2.24, 2.45) is 0 Å². The number of hydrogen-bond donors (Lipinski definition) is 1. The van der Waals surface area contributed by atoms with Gasteiger partial charge in [0, 0.05) is 18.7 Å². The second kappa shape index (κ2) is 8.94. The number of rotatable bonds is 8. The lowest BCUT2D eigenvalue weighted by molar-refractivity contribution is 0.0900. The van der Waals surface area contributed by atoms with Crippen LogP contribution in [0.4, 0.5) is 0 Å². The van der Waals surface area contributed by atoms with E-state index in [0.29, 0.717) is 31.1 Å². The fourth-order valence-corrected chi connectivity index (χ4v) is 2.04. The number of carbonyl (C=O) groups is 1. The summed E-state index contributed by atoms with van der Waals surface area (Å²) in [5.74, 6) is 0.582. The second-order valence-electron chi connectivity index (χ2n) is 4.52. The molecule has 0 aliphatic rings. The molecule has 112 valence electrons. The molecule has 0 aromatic heterocycles. The van der Waals surface area contributed by atoms with Gasteiger partial charge < -0.3 is 19.7 Å². The van der Waals surface area contributed by atoms with Crippen molar-refractivity contribution in [2.45, 2.75) is 0 Å². The van der Waals surface area contributed by atoms with Crippen LogP contribution in [0.3, 0.4) is 0 Å². The Kier molecular flexibility index (Phi) is 7.58. The first-order chi connectivity index (χ1) is 9.54. The SMILES string of the molecule is COc1ccc(C(=O)NCCOCCN(C)C)cc1Br. The van der Waals surface area contributed by atoms with Gasteiger partial charge in [0.15, 0.2) is 0 Å². The van der Waals surface area contributed by atoms with Gasteiger partial charge in [0.2, 0.25) is 0 Å². The van der Waals surface area contributed by atoms with Crippen molar-refractivity contribution >= 4 is 21.8 Å². The van der Waals surface area contributed by atoms with E-state index in [9.17, 15) is 4.79 Å². The Balaban J connectivity index is 2.31. The number of methoxy groups -OCH3 is 1. The van der Waals surface area contributed by atoms with Gasteiger partial charge in [-0.3, -0.25) is 4.79 Å². The highest BCUT2D eigenvalue weighted by Gasteiger charge is 2.08. The van der Waals surface area contributed by atoms with Crippen molar-refractivity contribution in [3.63, 3.8) is 0 Å². The third-order valence-electron chi connectivity index (χ3n) is 2.63. The van der Waals surface area contributed by atoms with E-state index in [0.717, 1.165) is 11.0 Å². The molecule has 0 aliphatic heterocycles. The summed E-state index contributed by atoms with van der Waals surface area (Å²) < 4.78 is 11.3. The minimum atomic E-state index is -0.121. The lowest BCUT2D eigenvalue weighted by Crippen LogP contribution is -2.28. The van der Waals surface area contributed by atoms with Crippen LogP contribution in [0.25, 0.3) is 0 Å². The number of likely N-dealkylation sites (N-methyl/N-ethyl adjacent to an activating group) is 1. The number of amides is 1. The molecule has 1 aromatic rings. The Morgan fingerprint density at radius 3 is 2.70 bits per heavy atom. The Hall–Kier alpha value is -1.11. The Labute approximate surface area is 128 Å². The van der Waals surface area contributed by atoms with Crippen molar-refractivity contribution in [3.8, 4) is 5.75 Å². The molecule has 0 atom stereocenters. The number of hydrogen-bond acceptors (Lipinski definition) is 4. The number of nitrogens with zero attached hydrogens (tertiary/aromatic N) is 1. The van der Waals surface area contributed by atoms with Crippen LogP contribution in [0.2, 0.25) is 0 Å². The summed E-state index contributed by atoms with van der Waals surface area (Å²) in [7, 11) is 5.57. The van der Waals surface area contributed by atoms with Crippen LogP contribution in [-0.4, -0.2) is 58.3 Å². The van der Waals surface area contributed by atoms with E-state index >= 15 is 0 Å². The van der Waals surface area contributed by atoms with Crippen LogP contribution in [0.1, 0.15) is 10.4 Å². The number of halogens is 1. The van der Waals surface area contributed by atoms with Crippen molar-refractivity contribution in [1.82, 2.24) is 10.2 Å². The Morgan fingerprint density at radius 2 is 2.10 bits per heavy atom. The summed E-state index contributed by atoms with van der Waals surface area (Å²) in [6, 6.07) is 5.22. The van der Waals surface area contributed by atoms with Gasteiger partial charge >= 0.3 is 0 Å². The van der Waals surface area contributed by atoms with Crippen molar-refractivity contribution in [2.75, 3.05) is 47.5 Å². The number of ether oxygens (including phenoxy) is 2. The van der Waals surface area contributed by atoms with Gasteiger partial charge in [0.1, 0.15) is 5.75 Å². The van der Waals surface area contributed by atoms with Gasteiger partial charge in [0.25, 0.3) is 5.91 Å². The largest absolute Gasteiger partial charge is 0.496 e. The third-order valence-corrected chi connectivity index (χ3v) is 3.25. The Morgan fingerprint density at radius 1 is 1.35 bits per heavy atom. The fraction of sp³-hybridized carbons (Fsp3) is 0.500. The van der Waals surface area contributed by atoms with Gasteiger partial charge in [-0.1, -0.05) is 0 Å². The molecule has 1 rings (SSSR count). The summed E-state index contributed by atoms with van der Waals surface area (Å²) in [5.41, 5.74) is 0.589. The molecule has 5 nitrogen and oxygen atoms in total. The van der Waals surface area contributed by atoms with Gasteiger partial charge in [-0.2, -0.15) is 0 Å². The molecular formula is C14H21BrN2O3. The number of benzene rings is 1. The minimum absolute atomic E-state index is 0.121. The molecule has 0 heterocycles. The first kappa shape index (κ1) is 16.9. The molecule has 6 heteroatoms. The second-order valence-corrected chi connectivity index (χ2v) is 5.38. The summed E-state index contributed by atoms with van der Waals surface area (Å²) in [6.45, 7) is 2.54. The van der Waals surface area contributed by atoms with E-state index in [4.69, 9.17) is 9.47 Å². The van der Waals surface area contributed by atoms with Crippen LogP contribution in [0, 0.1) is 0 Å². The van der Waals surface area contributed by atoms with Crippen LogP contribution >= 0.6 is 15.9 Å². The molecule has 0 fully saturated rings. The molecule has 0 radical (unpaired) electrons. The molecule has 0 saturated carbocycles. The molecule has 1 aromatic carbocycles. The molecule has 0 unspecified atom stereocenters. The molecule has 1 N–H and O–H groups in total. The van der Waals surface area contributed by atoms with E-state index in [1.54, 1.807) is 25.3 Å². The number of nitrogens with one attached hydrogen (secondary N) is 1. The molecular weight excluding hydrogens is 324 g/mol. The maximum atomic E-state index is 11.9. The van der Waals surface area contributed by atoms with Gasteiger partial charge in [-0.15, -0.1) is 0 Å². The highest BCUT2D eigenvalue weighted by Crippen LogP contribution is 2.25. The highest BCUT2D eigenvalue weighted by atomic mass is 79.9. The monoisotopic (exact) mass is 344 g/mol. The number of carbonyl (C=O) groups excluding carboxylic acids is 1. The van der Waals surface area contributed by atoms with Crippen molar-refractivity contribution in [3.05, 3.63) is 28.2 Å². The minimum Gasteiger partial charge on any atom is -0.496 e. The van der Waals surface area contributed by atoms with Crippen LogP contribution < -0.4 is 10.1 Å². The van der Waals surface area contributed by atoms with E-state index < -0.39 is 0 Å². The fourth-order valence-electron chi connectivity index (χ4n) is 1.50. The normalized spacial score (nSPS) is 10.7. The zero-order chi connectivity index (χ0) is 15.0. The van der Waals surface area contributed by atoms with E-state index in [1.807, 2.05) is 19.0 Å². The predicted octanol–water partition coefficient (Wildman–Crippen LogP) is 1.77. The zero-order valence-electron chi connectivity index (χ0n) is 12.1. The van der Waals surface area contributed by atoms with E-state index in [2.05, 4.69) is 21.2 Å². The predicted molar refractivity (Wildman–Crippen MR) is 82.4 cm³/mol. The molecule has 0 spiro atoms. The van der Waals surface area contributed by atoms with Gasteiger partial charge in [-0.25, -0.2) is 0 Å².